The summed E-state index contributed by atoms with van der Waals surface area (Å²) in [4.78, 5) is -1.30. The summed E-state index contributed by atoms with van der Waals surface area (Å²) in [5, 5.41) is 34.5. The molecule has 5 aromatic rings. The van der Waals surface area contributed by atoms with Crippen LogP contribution in [-0.4, -0.2) is 49.7 Å². The van der Waals surface area contributed by atoms with Crippen molar-refractivity contribution in [1.82, 2.24) is 0 Å². The Morgan fingerprint density at radius 3 is 1.14 bits per heavy atom. The van der Waals surface area contributed by atoms with Crippen molar-refractivity contribution in [2.24, 2.45) is 0 Å². The number of aryl methyl sites for hydroxylation is 2. The molecule has 0 saturated heterocycles. The highest BCUT2D eigenvalue weighted by Gasteiger charge is 2.27. The predicted molar refractivity (Wildman–Crippen MR) is 185 cm³/mol. The Labute approximate surface area is 294 Å². The van der Waals surface area contributed by atoms with Crippen LogP contribution >= 0.6 is 0 Å². The fourth-order valence-electron chi connectivity index (χ4n) is 6.36. The molecule has 1 aliphatic rings. The van der Waals surface area contributed by atoms with Crippen molar-refractivity contribution in [1.29, 1.82) is 0 Å². The van der Waals surface area contributed by atoms with Crippen molar-refractivity contribution in [3.63, 3.8) is 0 Å². The topological polar surface area (TPSA) is 213 Å². The summed E-state index contributed by atoms with van der Waals surface area (Å²) in [5.41, 5.74) is 1.88. The van der Waals surface area contributed by atoms with Gasteiger partial charge in [0, 0.05) is 59.1 Å². The van der Waals surface area contributed by atoms with Gasteiger partial charge in [0.15, 0.2) is 0 Å². The number of hydrogen-bond acceptors (Lipinski definition) is 10. The van der Waals surface area contributed by atoms with Crippen molar-refractivity contribution in [3.05, 3.63) is 134 Å². The van der Waals surface area contributed by atoms with Gasteiger partial charge in [-0.15, -0.1) is 0 Å². The Morgan fingerprint density at radius 2 is 0.784 bits per heavy atom. The highest BCUT2D eigenvalue weighted by molar-refractivity contribution is 7.87. The molecule has 0 fully saturated rings. The van der Waals surface area contributed by atoms with Crippen LogP contribution in [0.5, 0.6) is 23.0 Å². The Hall–Kier alpha value is -4.93. The normalized spacial score (nSPS) is 13.5. The molecule has 0 atom stereocenters. The molecule has 5 aromatic carbocycles. The van der Waals surface area contributed by atoms with E-state index >= 15 is 0 Å². The highest BCUT2D eigenvalue weighted by Crippen LogP contribution is 2.41. The Balaban J connectivity index is 1.69. The molecule has 0 amide bonds. The zero-order valence-corrected chi connectivity index (χ0v) is 29.6. The molecule has 8 bridgehead atoms. The van der Waals surface area contributed by atoms with E-state index in [-0.39, 0.29) is 98.1 Å². The molecule has 1 aliphatic carbocycles. The lowest BCUT2D eigenvalue weighted by molar-refractivity contribution is 0.452. The Bertz CT molecular complexity index is 2430. The van der Waals surface area contributed by atoms with Gasteiger partial charge < -0.3 is 19.5 Å². The lowest BCUT2D eigenvalue weighted by atomic mass is 9.90. The number of phenols is 3. The van der Waals surface area contributed by atoms with Gasteiger partial charge in [0.25, 0.3) is 20.2 Å². The molecule has 0 heterocycles. The first kappa shape index (κ1) is 35.9. The Morgan fingerprint density at radius 1 is 0.471 bits per heavy atom. The standard InChI is InChI=1S/C36H32O12S3/c1-20-8-22-12-24-16-31(49(40,41)42)18-26(34(24)38)14-28-10-21(2)11-29(36(28)48-51(46,47)30-6-4-3-5-7-30)15-27-19-32(50(43,44)45)17-25(35(27)39)13-23(9-20)33(22)37/h3-11,16-19,37-39H,12-15H2,1-2H3,(H,40,41,42)(H,43,44,45). The van der Waals surface area contributed by atoms with Gasteiger partial charge in [0.05, 0.1) is 9.79 Å². The van der Waals surface area contributed by atoms with E-state index in [1.807, 2.05) is 0 Å². The number of hydrogen-bond donors (Lipinski definition) is 5. The van der Waals surface area contributed by atoms with Gasteiger partial charge in [-0.2, -0.15) is 25.3 Å². The summed E-state index contributed by atoms with van der Waals surface area (Å²) in [5.74, 6) is -1.28. The first-order valence-electron chi connectivity index (χ1n) is 15.4. The second-order valence-electron chi connectivity index (χ2n) is 12.5. The molecule has 15 heteroatoms. The van der Waals surface area contributed by atoms with Crippen LogP contribution in [0.3, 0.4) is 0 Å². The first-order chi connectivity index (χ1) is 23.8. The second-order valence-corrected chi connectivity index (χ2v) is 16.9. The molecule has 0 radical (unpaired) electrons. The van der Waals surface area contributed by atoms with Crippen molar-refractivity contribution in [3.8, 4) is 23.0 Å². The molecule has 5 N–H and O–H groups in total. The van der Waals surface area contributed by atoms with Crippen LogP contribution in [0.1, 0.15) is 55.6 Å². The van der Waals surface area contributed by atoms with E-state index in [1.54, 1.807) is 44.2 Å². The van der Waals surface area contributed by atoms with E-state index in [0.717, 1.165) is 24.3 Å². The van der Waals surface area contributed by atoms with Crippen LogP contribution in [0, 0.1) is 13.8 Å². The van der Waals surface area contributed by atoms with E-state index in [1.165, 1.54) is 24.3 Å². The summed E-state index contributed by atoms with van der Waals surface area (Å²) < 4.78 is 103. The highest BCUT2D eigenvalue weighted by atomic mass is 32.2. The van der Waals surface area contributed by atoms with Gasteiger partial charge in [-0.3, -0.25) is 9.11 Å². The molecule has 0 aliphatic heterocycles. The third kappa shape index (κ3) is 7.43. The van der Waals surface area contributed by atoms with E-state index in [0.29, 0.717) is 11.1 Å². The SMILES string of the molecule is Cc1cc2c(O)c(c1)Cc1cc(S(=O)(=O)O)cc(c1O)Cc1cc(C)cc(c1OS(=O)(=O)c1ccccc1)Cc1cc(S(=O)(=O)O)cc(c1O)C2. The summed E-state index contributed by atoms with van der Waals surface area (Å²) in [6.45, 7) is 3.39. The van der Waals surface area contributed by atoms with Gasteiger partial charge in [-0.1, -0.05) is 53.6 Å². The van der Waals surface area contributed by atoms with Gasteiger partial charge in [0.2, 0.25) is 0 Å². The fourth-order valence-corrected chi connectivity index (χ4v) is 8.55. The first-order valence-corrected chi connectivity index (χ1v) is 19.7. The van der Waals surface area contributed by atoms with E-state index in [4.69, 9.17) is 4.18 Å². The van der Waals surface area contributed by atoms with E-state index in [9.17, 15) is 49.7 Å². The largest absolute Gasteiger partial charge is 0.507 e. The van der Waals surface area contributed by atoms with Crippen molar-refractivity contribution >= 4 is 30.4 Å². The van der Waals surface area contributed by atoms with Crippen molar-refractivity contribution < 1.29 is 53.9 Å². The average Bonchev–Trinajstić information content (AvgIpc) is 3.03. The number of aromatic hydroxyl groups is 3. The summed E-state index contributed by atoms with van der Waals surface area (Å²) in [6.07, 6.45) is -1.14. The van der Waals surface area contributed by atoms with Gasteiger partial charge in [-0.25, -0.2) is 0 Å². The summed E-state index contributed by atoms with van der Waals surface area (Å²) in [7, 11) is -14.2. The molecule has 12 nitrogen and oxygen atoms in total. The van der Waals surface area contributed by atoms with Crippen LogP contribution in [0.4, 0.5) is 0 Å². The van der Waals surface area contributed by atoms with Crippen molar-refractivity contribution in [2.75, 3.05) is 0 Å². The molecule has 51 heavy (non-hydrogen) atoms. The van der Waals surface area contributed by atoms with Crippen LogP contribution in [0.2, 0.25) is 0 Å². The zero-order valence-electron chi connectivity index (χ0n) is 27.2. The van der Waals surface area contributed by atoms with Gasteiger partial charge >= 0.3 is 10.1 Å². The molecule has 0 spiro atoms. The summed E-state index contributed by atoms with van der Waals surface area (Å²) in [6, 6.07) is 17.7. The Kier molecular flexibility index (Phi) is 9.14. The molecular weight excluding hydrogens is 721 g/mol. The number of phenolic OH excluding ortho intramolecular Hbond substituents is 3. The summed E-state index contributed by atoms with van der Waals surface area (Å²) >= 11 is 0. The lowest BCUT2D eigenvalue weighted by Crippen LogP contribution is -2.14. The third-order valence-corrected chi connectivity index (χ3v) is 11.5. The fraction of sp³-hybridized carbons (Fsp3) is 0.167. The third-order valence-electron chi connectivity index (χ3n) is 8.63. The molecule has 0 unspecified atom stereocenters. The minimum atomic E-state index is -4.82. The number of benzene rings is 5. The molecule has 0 saturated carbocycles. The molecular formula is C36H32O12S3. The molecule has 0 aromatic heterocycles. The quantitative estimate of drug-likeness (QED) is 0.111. The maximum Gasteiger partial charge on any atom is 0.339 e. The van der Waals surface area contributed by atoms with Crippen LogP contribution < -0.4 is 4.18 Å². The monoisotopic (exact) mass is 752 g/mol. The maximum atomic E-state index is 13.6. The van der Waals surface area contributed by atoms with Gasteiger partial charge in [-0.05, 0) is 61.4 Å². The number of fused-ring (bicyclic) bond motifs is 8. The predicted octanol–water partition coefficient (Wildman–Crippen LogP) is 5.36. The molecule has 6 rings (SSSR count). The maximum absolute atomic E-state index is 13.6. The second kappa shape index (κ2) is 13.0. The van der Waals surface area contributed by atoms with Crippen LogP contribution in [-0.2, 0) is 56.0 Å². The average molecular weight is 753 g/mol. The zero-order chi connectivity index (χ0) is 37.0. The minimum absolute atomic E-state index is 0.00447. The number of rotatable bonds is 5. The van der Waals surface area contributed by atoms with Crippen molar-refractivity contribution in [2.45, 2.75) is 54.2 Å². The van der Waals surface area contributed by atoms with E-state index in [2.05, 4.69) is 0 Å². The minimum Gasteiger partial charge on any atom is -0.507 e. The van der Waals surface area contributed by atoms with Crippen LogP contribution in [0.15, 0.2) is 93.5 Å². The van der Waals surface area contributed by atoms with Gasteiger partial charge in [0.1, 0.15) is 27.9 Å². The molecule has 266 valence electrons. The smallest absolute Gasteiger partial charge is 0.339 e. The lowest BCUT2D eigenvalue weighted by Gasteiger charge is -2.21. The van der Waals surface area contributed by atoms with Crippen LogP contribution in [0.25, 0.3) is 0 Å². The van der Waals surface area contributed by atoms with E-state index < -0.39 is 40.1 Å².